The first-order valence-electron chi connectivity index (χ1n) is 9.44. The molecule has 8 heteroatoms. The van der Waals surface area contributed by atoms with E-state index in [0.717, 1.165) is 36.4 Å². The lowest BCUT2D eigenvalue weighted by molar-refractivity contribution is -0.0110. The van der Waals surface area contributed by atoms with Crippen LogP contribution in [0.3, 0.4) is 0 Å². The number of hydrogen-bond acceptors (Lipinski definition) is 5. The van der Waals surface area contributed by atoms with Crippen molar-refractivity contribution in [1.82, 2.24) is 19.9 Å². The monoisotopic (exact) mass is 381 g/mol. The molecule has 3 heterocycles. The molecule has 1 saturated heterocycles. The number of rotatable bonds is 6. The second-order valence-corrected chi connectivity index (χ2v) is 6.69. The Kier molecular flexibility index (Phi) is 5.67. The van der Waals surface area contributed by atoms with Gasteiger partial charge in [-0.05, 0) is 49.6 Å². The van der Waals surface area contributed by atoms with E-state index in [0.29, 0.717) is 18.8 Å². The van der Waals surface area contributed by atoms with Crippen LogP contribution in [0.2, 0.25) is 0 Å². The quantitative estimate of drug-likeness (QED) is 0.685. The van der Waals surface area contributed by atoms with Gasteiger partial charge in [-0.25, -0.2) is 14.3 Å². The Morgan fingerprint density at radius 1 is 1.29 bits per heavy atom. The van der Waals surface area contributed by atoms with Gasteiger partial charge in [0, 0.05) is 36.8 Å². The molecule has 1 atom stereocenters. The van der Waals surface area contributed by atoms with E-state index in [9.17, 15) is 4.79 Å². The van der Waals surface area contributed by atoms with Crippen LogP contribution in [0.25, 0.3) is 5.65 Å². The number of hydrogen-bond donors (Lipinski definition) is 2. The highest BCUT2D eigenvalue weighted by atomic mass is 16.5. The SMILES string of the molecule is O=C(NCc1cnn2cccnc12)Nc1ccc(OC[C@@H]2CCCCO2)cc1. The fraction of sp³-hybridized carbons (Fsp3) is 0.350. The van der Waals surface area contributed by atoms with Crippen molar-refractivity contribution in [2.24, 2.45) is 0 Å². The Hall–Kier alpha value is -3.13. The fourth-order valence-corrected chi connectivity index (χ4v) is 3.11. The molecule has 1 aromatic carbocycles. The molecule has 146 valence electrons. The normalized spacial score (nSPS) is 16.6. The van der Waals surface area contributed by atoms with Gasteiger partial charge in [-0.2, -0.15) is 5.10 Å². The molecule has 0 bridgehead atoms. The predicted molar refractivity (Wildman–Crippen MR) is 104 cm³/mol. The van der Waals surface area contributed by atoms with Gasteiger partial charge in [-0.3, -0.25) is 0 Å². The van der Waals surface area contributed by atoms with E-state index >= 15 is 0 Å². The number of aromatic nitrogens is 3. The first-order chi connectivity index (χ1) is 13.8. The Morgan fingerprint density at radius 2 is 2.18 bits per heavy atom. The van der Waals surface area contributed by atoms with Gasteiger partial charge in [0.05, 0.1) is 12.3 Å². The van der Waals surface area contributed by atoms with Gasteiger partial charge >= 0.3 is 6.03 Å². The Labute approximate surface area is 162 Å². The van der Waals surface area contributed by atoms with Gasteiger partial charge in [-0.15, -0.1) is 0 Å². The van der Waals surface area contributed by atoms with Crippen LogP contribution in [-0.4, -0.2) is 39.9 Å². The minimum atomic E-state index is -0.292. The van der Waals surface area contributed by atoms with Gasteiger partial charge in [0.1, 0.15) is 12.4 Å². The molecule has 0 unspecified atom stereocenters. The van der Waals surface area contributed by atoms with E-state index in [1.807, 2.05) is 30.5 Å². The molecule has 1 fully saturated rings. The summed E-state index contributed by atoms with van der Waals surface area (Å²) in [4.78, 5) is 16.4. The summed E-state index contributed by atoms with van der Waals surface area (Å²) in [5.74, 6) is 0.762. The number of urea groups is 1. The molecule has 0 aliphatic carbocycles. The van der Waals surface area contributed by atoms with Crippen LogP contribution in [0, 0.1) is 0 Å². The number of benzene rings is 1. The summed E-state index contributed by atoms with van der Waals surface area (Å²) in [6, 6.07) is 8.82. The van der Waals surface area contributed by atoms with Gasteiger partial charge in [0.25, 0.3) is 0 Å². The number of ether oxygens (including phenoxy) is 2. The minimum absolute atomic E-state index is 0.173. The molecule has 3 aromatic rings. The van der Waals surface area contributed by atoms with Crippen LogP contribution in [0.4, 0.5) is 10.5 Å². The van der Waals surface area contributed by atoms with E-state index in [1.165, 1.54) is 6.42 Å². The molecule has 8 nitrogen and oxygen atoms in total. The van der Waals surface area contributed by atoms with E-state index in [2.05, 4.69) is 20.7 Å². The summed E-state index contributed by atoms with van der Waals surface area (Å²) in [5, 5.41) is 9.83. The third-order valence-corrected chi connectivity index (χ3v) is 4.61. The average molecular weight is 381 g/mol. The molecule has 2 aromatic heterocycles. The number of carbonyl (C=O) groups excluding carboxylic acids is 1. The smallest absolute Gasteiger partial charge is 0.319 e. The highest BCUT2D eigenvalue weighted by molar-refractivity contribution is 5.89. The first kappa shape index (κ1) is 18.2. The molecule has 2 amide bonds. The second-order valence-electron chi connectivity index (χ2n) is 6.69. The van der Waals surface area contributed by atoms with Gasteiger partial charge < -0.3 is 20.1 Å². The number of anilines is 1. The lowest BCUT2D eigenvalue weighted by Crippen LogP contribution is -2.28. The summed E-state index contributed by atoms with van der Waals surface area (Å²) in [5.41, 5.74) is 2.27. The summed E-state index contributed by atoms with van der Waals surface area (Å²) in [7, 11) is 0. The average Bonchev–Trinajstić information content (AvgIpc) is 3.16. The Morgan fingerprint density at radius 3 is 3.00 bits per heavy atom. The number of fused-ring (bicyclic) bond motifs is 1. The number of amides is 2. The van der Waals surface area contributed by atoms with Crippen molar-refractivity contribution in [3.05, 3.63) is 54.5 Å². The fourth-order valence-electron chi connectivity index (χ4n) is 3.11. The highest BCUT2D eigenvalue weighted by Gasteiger charge is 2.14. The molecule has 0 radical (unpaired) electrons. The summed E-state index contributed by atoms with van der Waals surface area (Å²) in [6.07, 6.45) is 8.75. The molecule has 1 aliphatic heterocycles. The van der Waals surface area contributed by atoms with Crippen molar-refractivity contribution >= 4 is 17.4 Å². The number of carbonyl (C=O) groups is 1. The number of nitrogens with zero attached hydrogens (tertiary/aromatic N) is 3. The summed E-state index contributed by atoms with van der Waals surface area (Å²) < 4.78 is 13.1. The number of nitrogens with one attached hydrogen (secondary N) is 2. The molecular weight excluding hydrogens is 358 g/mol. The zero-order valence-electron chi connectivity index (χ0n) is 15.5. The summed E-state index contributed by atoms with van der Waals surface area (Å²) >= 11 is 0. The van der Waals surface area contributed by atoms with Gasteiger partial charge in [0.2, 0.25) is 0 Å². The van der Waals surface area contributed by atoms with Crippen LogP contribution in [-0.2, 0) is 11.3 Å². The van der Waals surface area contributed by atoms with Crippen molar-refractivity contribution in [3.63, 3.8) is 0 Å². The molecule has 28 heavy (non-hydrogen) atoms. The highest BCUT2D eigenvalue weighted by Crippen LogP contribution is 2.18. The first-order valence-corrected chi connectivity index (χ1v) is 9.44. The van der Waals surface area contributed by atoms with Crippen LogP contribution in [0.15, 0.2) is 48.9 Å². The topological polar surface area (TPSA) is 89.8 Å². The van der Waals surface area contributed by atoms with E-state index in [1.54, 1.807) is 23.0 Å². The molecule has 0 spiro atoms. The van der Waals surface area contributed by atoms with Crippen molar-refractivity contribution in [2.75, 3.05) is 18.5 Å². The van der Waals surface area contributed by atoms with Crippen LogP contribution < -0.4 is 15.4 Å². The predicted octanol–water partition coefficient (Wildman–Crippen LogP) is 3.00. The maximum absolute atomic E-state index is 12.1. The van der Waals surface area contributed by atoms with Crippen molar-refractivity contribution in [2.45, 2.75) is 31.9 Å². The second kappa shape index (κ2) is 8.71. The van der Waals surface area contributed by atoms with Crippen LogP contribution in [0.1, 0.15) is 24.8 Å². The van der Waals surface area contributed by atoms with Crippen molar-refractivity contribution in [1.29, 1.82) is 0 Å². The molecule has 1 aliphatic rings. The Balaban J connectivity index is 1.25. The van der Waals surface area contributed by atoms with Crippen LogP contribution >= 0.6 is 0 Å². The molecule has 2 N–H and O–H groups in total. The summed E-state index contributed by atoms with van der Waals surface area (Å²) in [6.45, 7) is 1.72. The van der Waals surface area contributed by atoms with E-state index in [-0.39, 0.29) is 12.1 Å². The standard InChI is InChI=1S/C20H23N5O3/c26-20(22-12-15-13-23-25-10-3-9-21-19(15)25)24-16-5-7-17(8-6-16)28-14-18-4-1-2-11-27-18/h3,5-10,13,18H,1-2,4,11-12,14H2,(H2,22,24,26)/t18-/m0/s1. The molecular formula is C20H23N5O3. The lowest BCUT2D eigenvalue weighted by Gasteiger charge is -2.22. The third kappa shape index (κ3) is 4.58. The van der Waals surface area contributed by atoms with Gasteiger partial charge in [-0.1, -0.05) is 0 Å². The third-order valence-electron chi connectivity index (χ3n) is 4.61. The zero-order chi connectivity index (χ0) is 19.2. The van der Waals surface area contributed by atoms with Crippen LogP contribution in [0.5, 0.6) is 5.75 Å². The minimum Gasteiger partial charge on any atom is -0.491 e. The molecule has 4 rings (SSSR count). The largest absolute Gasteiger partial charge is 0.491 e. The van der Waals surface area contributed by atoms with E-state index in [4.69, 9.17) is 9.47 Å². The maximum atomic E-state index is 12.1. The van der Waals surface area contributed by atoms with Crippen molar-refractivity contribution in [3.8, 4) is 5.75 Å². The maximum Gasteiger partial charge on any atom is 0.319 e. The van der Waals surface area contributed by atoms with E-state index < -0.39 is 0 Å². The zero-order valence-corrected chi connectivity index (χ0v) is 15.5. The molecule has 0 saturated carbocycles. The Bertz CT molecular complexity index is 919. The van der Waals surface area contributed by atoms with Crippen molar-refractivity contribution < 1.29 is 14.3 Å². The van der Waals surface area contributed by atoms with Gasteiger partial charge in [0.15, 0.2) is 5.65 Å². The lowest BCUT2D eigenvalue weighted by atomic mass is 10.1.